The Bertz CT molecular complexity index is 274. The van der Waals surface area contributed by atoms with E-state index < -0.39 is 0 Å². The summed E-state index contributed by atoms with van der Waals surface area (Å²) in [4.78, 5) is 11.7. The Morgan fingerprint density at radius 1 is 1.39 bits per heavy atom. The lowest BCUT2D eigenvalue weighted by atomic mass is 9.71. The summed E-state index contributed by atoms with van der Waals surface area (Å²) in [5.41, 5.74) is 0.304. The van der Waals surface area contributed by atoms with Gasteiger partial charge in [0.1, 0.15) is 6.10 Å². The zero-order chi connectivity index (χ0) is 13.8. The molecule has 0 aliphatic heterocycles. The maximum absolute atomic E-state index is 11.7. The van der Waals surface area contributed by atoms with Crippen LogP contribution in [0.3, 0.4) is 0 Å². The molecule has 0 aromatic carbocycles. The van der Waals surface area contributed by atoms with Gasteiger partial charge in [-0.3, -0.25) is 4.79 Å². The molecule has 18 heavy (non-hydrogen) atoms. The van der Waals surface area contributed by atoms with Crippen LogP contribution in [-0.2, 0) is 9.53 Å². The highest BCUT2D eigenvalue weighted by molar-refractivity contribution is 5.69. The summed E-state index contributed by atoms with van der Waals surface area (Å²) >= 11 is 0. The predicted molar refractivity (Wildman–Crippen MR) is 74.4 cm³/mol. The molecule has 1 saturated carbocycles. The quantitative estimate of drug-likeness (QED) is 0.767. The van der Waals surface area contributed by atoms with Crippen LogP contribution in [-0.4, -0.2) is 24.7 Å². The second kappa shape index (κ2) is 6.55. The maximum Gasteiger partial charge on any atom is 0.307 e. The molecular weight excluding hydrogens is 226 g/mol. The highest BCUT2D eigenvalue weighted by Gasteiger charge is 2.33. The van der Waals surface area contributed by atoms with Crippen molar-refractivity contribution in [2.45, 2.75) is 72.4 Å². The van der Waals surface area contributed by atoms with Crippen LogP contribution in [0.1, 0.15) is 60.3 Å². The maximum atomic E-state index is 11.7. The highest BCUT2D eigenvalue weighted by Crippen LogP contribution is 2.39. The molecule has 3 nitrogen and oxygen atoms in total. The molecule has 1 aliphatic carbocycles. The lowest BCUT2D eigenvalue weighted by Crippen LogP contribution is -2.34. The normalized spacial score (nSPS) is 27.2. The van der Waals surface area contributed by atoms with E-state index in [0.717, 1.165) is 12.8 Å². The summed E-state index contributed by atoms with van der Waals surface area (Å²) in [7, 11) is 0. The van der Waals surface area contributed by atoms with Gasteiger partial charge in [-0.05, 0) is 30.6 Å². The van der Waals surface area contributed by atoms with Gasteiger partial charge in [0.2, 0.25) is 0 Å². The molecular formula is C15H29NO2. The topological polar surface area (TPSA) is 38.3 Å². The molecule has 3 heteroatoms. The van der Waals surface area contributed by atoms with Gasteiger partial charge in [0.05, 0.1) is 6.42 Å². The average molecular weight is 255 g/mol. The van der Waals surface area contributed by atoms with Gasteiger partial charge < -0.3 is 10.1 Å². The zero-order valence-corrected chi connectivity index (χ0v) is 12.6. The zero-order valence-electron chi connectivity index (χ0n) is 12.6. The molecule has 0 amide bonds. The predicted octanol–water partition coefficient (Wildman–Crippen LogP) is 3.13. The van der Waals surface area contributed by atoms with Crippen molar-refractivity contribution in [1.82, 2.24) is 5.32 Å². The Hall–Kier alpha value is -0.570. The number of ether oxygens (including phenoxy) is 1. The van der Waals surface area contributed by atoms with E-state index in [1.165, 1.54) is 6.42 Å². The van der Waals surface area contributed by atoms with Gasteiger partial charge in [0.15, 0.2) is 0 Å². The fourth-order valence-corrected chi connectivity index (χ4v) is 3.06. The van der Waals surface area contributed by atoms with Crippen molar-refractivity contribution in [1.29, 1.82) is 0 Å². The van der Waals surface area contributed by atoms with E-state index in [1.54, 1.807) is 0 Å². The van der Waals surface area contributed by atoms with E-state index in [0.29, 0.717) is 30.3 Å². The van der Waals surface area contributed by atoms with Crippen LogP contribution in [0.5, 0.6) is 0 Å². The third-order valence-electron chi connectivity index (χ3n) is 3.53. The van der Waals surface area contributed by atoms with Gasteiger partial charge in [0, 0.05) is 12.6 Å². The van der Waals surface area contributed by atoms with Gasteiger partial charge in [0.25, 0.3) is 0 Å². The van der Waals surface area contributed by atoms with Gasteiger partial charge in [-0.2, -0.15) is 0 Å². The Balaban J connectivity index is 2.31. The second-order valence-corrected chi connectivity index (χ2v) is 6.88. The number of rotatable bonds is 5. The largest absolute Gasteiger partial charge is 0.462 e. The number of esters is 1. The Morgan fingerprint density at radius 2 is 2.06 bits per heavy atom. The molecule has 1 aliphatic rings. The summed E-state index contributed by atoms with van der Waals surface area (Å²) in [5, 5.41) is 3.24. The number of hydrogen-bond donors (Lipinski definition) is 1. The van der Waals surface area contributed by atoms with Crippen molar-refractivity contribution in [2.75, 3.05) is 6.54 Å². The molecule has 0 aromatic rings. The van der Waals surface area contributed by atoms with E-state index in [1.807, 2.05) is 0 Å². The van der Waals surface area contributed by atoms with E-state index >= 15 is 0 Å². The number of hydrogen-bond acceptors (Lipinski definition) is 3. The van der Waals surface area contributed by atoms with Crippen LogP contribution >= 0.6 is 0 Å². The third-order valence-corrected chi connectivity index (χ3v) is 3.53. The molecule has 0 saturated heterocycles. The first-order valence-corrected chi connectivity index (χ1v) is 7.21. The first-order chi connectivity index (χ1) is 8.28. The molecule has 0 bridgehead atoms. The molecule has 1 rings (SSSR count). The van der Waals surface area contributed by atoms with Gasteiger partial charge in [-0.1, -0.05) is 34.6 Å². The smallest absolute Gasteiger partial charge is 0.307 e. The van der Waals surface area contributed by atoms with Crippen molar-refractivity contribution in [3.63, 3.8) is 0 Å². The summed E-state index contributed by atoms with van der Waals surface area (Å²) in [6.07, 6.45) is 3.85. The van der Waals surface area contributed by atoms with E-state index in [-0.39, 0.29) is 12.1 Å². The van der Waals surface area contributed by atoms with Crippen LogP contribution < -0.4 is 5.32 Å². The SMILES string of the molecule is CC1CC(OC(=O)CCNC(C)C)CC(C)(C)C1. The minimum Gasteiger partial charge on any atom is -0.462 e. The summed E-state index contributed by atoms with van der Waals surface area (Å²) in [6, 6.07) is 0.423. The number of nitrogens with one attached hydrogen (secondary N) is 1. The lowest BCUT2D eigenvalue weighted by molar-refractivity contribution is -0.153. The summed E-state index contributed by atoms with van der Waals surface area (Å²) in [5.74, 6) is 0.596. The van der Waals surface area contributed by atoms with Crippen LogP contribution in [0.15, 0.2) is 0 Å². The van der Waals surface area contributed by atoms with Crippen LogP contribution in [0, 0.1) is 11.3 Å². The van der Waals surface area contributed by atoms with Crippen molar-refractivity contribution >= 4 is 5.97 Å². The van der Waals surface area contributed by atoms with E-state index in [4.69, 9.17) is 4.74 Å². The molecule has 1 fully saturated rings. The minimum atomic E-state index is -0.0574. The van der Waals surface area contributed by atoms with Crippen molar-refractivity contribution in [2.24, 2.45) is 11.3 Å². The fourth-order valence-electron chi connectivity index (χ4n) is 3.06. The lowest BCUT2D eigenvalue weighted by Gasteiger charge is -2.38. The van der Waals surface area contributed by atoms with Gasteiger partial charge in [-0.25, -0.2) is 0 Å². The average Bonchev–Trinajstić information content (AvgIpc) is 2.12. The van der Waals surface area contributed by atoms with E-state index in [2.05, 4.69) is 39.9 Å². The van der Waals surface area contributed by atoms with E-state index in [9.17, 15) is 4.79 Å². The molecule has 0 aromatic heterocycles. The fraction of sp³-hybridized carbons (Fsp3) is 0.933. The third kappa shape index (κ3) is 5.85. The van der Waals surface area contributed by atoms with Crippen molar-refractivity contribution < 1.29 is 9.53 Å². The first kappa shape index (κ1) is 15.5. The van der Waals surface area contributed by atoms with Gasteiger partial charge >= 0.3 is 5.97 Å². The molecule has 2 unspecified atom stereocenters. The molecule has 0 radical (unpaired) electrons. The van der Waals surface area contributed by atoms with Crippen LogP contribution in [0.25, 0.3) is 0 Å². The summed E-state index contributed by atoms with van der Waals surface area (Å²) in [6.45, 7) is 11.7. The molecule has 0 heterocycles. The summed E-state index contributed by atoms with van der Waals surface area (Å²) < 4.78 is 5.60. The number of carbonyl (C=O) groups excluding carboxylic acids is 1. The Kier molecular flexibility index (Phi) is 5.64. The molecule has 1 N–H and O–H groups in total. The van der Waals surface area contributed by atoms with Crippen LogP contribution in [0.2, 0.25) is 0 Å². The Morgan fingerprint density at radius 3 is 2.61 bits per heavy atom. The highest BCUT2D eigenvalue weighted by atomic mass is 16.5. The van der Waals surface area contributed by atoms with Gasteiger partial charge in [-0.15, -0.1) is 0 Å². The van der Waals surface area contributed by atoms with Crippen molar-refractivity contribution in [3.8, 4) is 0 Å². The Labute approximate surface area is 112 Å². The second-order valence-electron chi connectivity index (χ2n) is 6.88. The monoisotopic (exact) mass is 255 g/mol. The standard InChI is InChI=1S/C15H29NO2/c1-11(2)16-7-6-14(17)18-13-8-12(3)9-15(4,5)10-13/h11-13,16H,6-10H2,1-5H3. The molecule has 2 atom stereocenters. The molecule has 0 spiro atoms. The molecule has 106 valence electrons. The minimum absolute atomic E-state index is 0.0574. The van der Waals surface area contributed by atoms with Crippen LogP contribution in [0.4, 0.5) is 0 Å². The van der Waals surface area contributed by atoms with Crippen molar-refractivity contribution in [3.05, 3.63) is 0 Å². The number of carbonyl (C=O) groups is 1. The first-order valence-electron chi connectivity index (χ1n) is 7.21.